The summed E-state index contributed by atoms with van der Waals surface area (Å²) in [7, 11) is 0.789. The van der Waals surface area contributed by atoms with Crippen molar-refractivity contribution < 1.29 is 4.42 Å². The van der Waals surface area contributed by atoms with Gasteiger partial charge in [0.25, 0.3) is 0 Å². The molecule has 11 aromatic rings. The van der Waals surface area contributed by atoms with E-state index < -0.39 is 0 Å². The number of fused-ring (bicyclic) bond motifs is 12. The molecule has 4 heteroatoms. The number of aryl methyl sites for hydroxylation is 1. The lowest BCUT2D eigenvalue weighted by molar-refractivity contribution is 0.660. The maximum Gasteiger partial charge on any atom is 0.198 e. The SMILES string of the molecule is Cc1cc(-c2cc3c(cc2Nc2ccc(-c4ccccc4)cc2)oc2cc4ccccc4cc23)c2c(c1)N(c1ccc3c(c1)-c1ccccc1C3(C)C)c1cc3c(cc1B2)C(C)(C)c1ccccc1-3. The number of nitrogens with zero attached hydrogens (tertiary/aromatic N) is 1. The molecule has 0 unspecified atom stereocenters. The lowest BCUT2D eigenvalue weighted by atomic mass is 9.57. The standard InChI is InChI=1S/C65H49BN2O/c1-38-29-52(49-34-51-50-31-41-17-9-10-18-42(41)32-61(50)69-62(51)37-58(49)67-43-25-23-40(24-26-43)39-15-7-6-8-16-39)63-60(30-38)68(44-27-28-55-47(33-44)45-19-11-13-21-53(45)64(55,2)3)59-35-48-46-20-12-14-22-54(46)65(4,5)56(48)36-57(59)66-63/h6-37,66-67H,1-5H3. The summed E-state index contributed by atoms with van der Waals surface area (Å²) in [6, 6.07) is 72.2. The normalized spacial score (nSPS) is 14.5. The van der Waals surface area contributed by atoms with Crippen LogP contribution >= 0.6 is 0 Å². The van der Waals surface area contributed by atoms with Gasteiger partial charge in [0, 0.05) is 56.0 Å². The summed E-state index contributed by atoms with van der Waals surface area (Å²) in [5.41, 5.74) is 26.6. The highest BCUT2D eigenvalue weighted by Gasteiger charge is 2.40. The molecule has 1 aromatic heterocycles. The zero-order chi connectivity index (χ0) is 46.3. The van der Waals surface area contributed by atoms with Gasteiger partial charge in [-0.15, -0.1) is 0 Å². The van der Waals surface area contributed by atoms with Crippen molar-refractivity contribution in [1.29, 1.82) is 0 Å². The van der Waals surface area contributed by atoms with E-state index >= 15 is 0 Å². The molecule has 0 amide bonds. The van der Waals surface area contributed by atoms with E-state index in [0.717, 1.165) is 46.2 Å². The van der Waals surface area contributed by atoms with Crippen molar-refractivity contribution in [3.05, 3.63) is 222 Å². The topological polar surface area (TPSA) is 28.4 Å². The van der Waals surface area contributed by atoms with E-state index in [1.54, 1.807) is 0 Å². The molecule has 1 aliphatic heterocycles. The Labute approximate surface area is 404 Å². The second-order valence-electron chi connectivity index (χ2n) is 20.7. The van der Waals surface area contributed by atoms with Crippen molar-refractivity contribution >= 4 is 79.4 Å². The molecule has 0 bridgehead atoms. The molecule has 14 rings (SSSR count). The fraction of sp³-hybridized carbons (Fsp3) is 0.108. The third kappa shape index (κ3) is 5.94. The Morgan fingerprint density at radius 2 is 1.06 bits per heavy atom. The quantitative estimate of drug-likeness (QED) is 0.175. The van der Waals surface area contributed by atoms with Gasteiger partial charge in [-0.1, -0.05) is 167 Å². The molecule has 0 saturated carbocycles. The Balaban J connectivity index is 1.01. The highest BCUT2D eigenvalue weighted by atomic mass is 16.3. The summed E-state index contributed by atoms with van der Waals surface area (Å²) < 4.78 is 6.78. The fourth-order valence-corrected chi connectivity index (χ4v) is 12.4. The van der Waals surface area contributed by atoms with Gasteiger partial charge in [-0.3, -0.25) is 0 Å². The number of nitrogens with one attached hydrogen (secondary N) is 1. The lowest BCUT2D eigenvalue weighted by Gasteiger charge is -2.36. The second kappa shape index (κ2) is 14.5. The highest BCUT2D eigenvalue weighted by molar-refractivity contribution is 6.73. The van der Waals surface area contributed by atoms with Crippen molar-refractivity contribution in [2.45, 2.75) is 45.4 Å². The first-order chi connectivity index (χ1) is 33.6. The van der Waals surface area contributed by atoms with Crippen molar-refractivity contribution in [3.8, 4) is 44.5 Å². The first-order valence-corrected chi connectivity index (χ1v) is 24.4. The number of hydrogen-bond acceptors (Lipinski definition) is 3. The van der Waals surface area contributed by atoms with Gasteiger partial charge in [0.15, 0.2) is 7.28 Å². The van der Waals surface area contributed by atoms with Crippen LogP contribution in [0.25, 0.3) is 77.2 Å². The first kappa shape index (κ1) is 40.0. The molecule has 0 fully saturated rings. The summed E-state index contributed by atoms with van der Waals surface area (Å²) in [6.45, 7) is 11.8. The number of benzene rings is 10. The molecule has 69 heavy (non-hydrogen) atoms. The first-order valence-electron chi connectivity index (χ1n) is 24.4. The van der Waals surface area contributed by atoms with Crippen LogP contribution in [-0.4, -0.2) is 7.28 Å². The van der Waals surface area contributed by atoms with Gasteiger partial charge < -0.3 is 14.6 Å². The fourth-order valence-electron chi connectivity index (χ4n) is 12.4. The molecule has 328 valence electrons. The Morgan fingerprint density at radius 3 is 1.81 bits per heavy atom. The van der Waals surface area contributed by atoms with E-state index in [2.05, 4.69) is 239 Å². The average molecular weight is 885 g/mol. The number of furan rings is 1. The highest BCUT2D eigenvalue weighted by Crippen LogP contribution is 2.54. The van der Waals surface area contributed by atoms with Gasteiger partial charge in [-0.2, -0.15) is 0 Å². The predicted octanol–water partition coefficient (Wildman–Crippen LogP) is 15.9. The molecule has 0 spiro atoms. The van der Waals surface area contributed by atoms with Crippen LogP contribution in [0.1, 0.15) is 55.5 Å². The van der Waals surface area contributed by atoms with Crippen LogP contribution in [0.3, 0.4) is 0 Å². The third-order valence-electron chi connectivity index (χ3n) is 15.9. The van der Waals surface area contributed by atoms with Gasteiger partial charge in [0.05, 0.1) is 5.69 Å². The number of anilines is 5. The van der Waals surface area contributed by atoms with Crippen LogP contribution < -0.4 is 21.1 Å². The third-order valence-corrected chi connectivity index (χ3v) is 15.9. The molecule has 0 atom stereocenters. The minimum atomic E-state index is -0.129. The largest absolute Gasteiger partial charge is 0.456 e. The molecule has 3 aliphatic rings. The van der Waals surface area contributed by atoms with Gasteiger partial charge in [-0.05, 0) is 145 Å². The molecule has 2 aliphatic carbocycles. The van der Waals surface area contributed by atoms with Crippen molar-refractivity contribution in [3.63, 3.8) is 0 Å². The van der Waals surface area contributed by atoms with Crippen LogP contribution in [0, 0.1) is 6.92 Å². The molecular weight excluding hydrogens is 836 g/mol. The van der Waals surface area contributed by atoms with E-state index in [1.807, 2.05) is 0 Å². The minimum Gasteiger partial charge on any atom is -0.456 e. The molecule has 1 N–H and O–H groups in total. The predicted molar refractivity (Wildman–Crippen MR) is 293 cm³/mol. The van der Waals surface area contributed by atoms with Gasteiger partial charge in [0.2, 0.25) is 0 Å². The van der Waals surface area contributed by atoms with Gasteiger partial charge >= 0.3 is 0 Å². The lowest BCUT2D eigenvalue weighted by Crippen LogP contribution is -2.41. The minimum absolute atomic E-state index is 0.0878. The van der Waals surface area contributed by atoms with Crippen molar-refractivity contribution in [1.82, 2.24) is 0 Å². The van der Waals surface area contributed by atoms with Gasteiger partial charge in [0.1, 0.15) is 11.2 Å². The van der Waals surface area contributed by atoms with Crippen LogP contribution in [0.15, 0.2) is 199 Å². The maximum absolute atomic E-state index is 6.78. The van der Waals surface area contributed by atoms with Crippen LogP contribution in [0.5, 0.6) is 0 Å². The summed E-state index contributed by atoms with van der Waals surface area (Å²) in [6.07, 6.45) is 0. The molecule has 3 nitrogen and oxygen atoms in total. The second-order valence-corrected chi connectivity index (χ2v) is 20.7. The smallest absolute Gasteiger partial charge is 0.198 e. The average Bonchev–Trinajstić information content (AvgIpc) is 3.92. The zero-order valence-electron chi connectivity index (χ0n) is 39.5. The summed E-state index contributed by atoms with van der Waals surface area (Å²) >= 11 is 0. The molecular formula is C65H49BN2O. The summed E-state index contributed by atoms with van der Waals surface area (Å²) in [4.78, 5) is 2.58. The van der Waals surface area contributed by atoms with E-state index in [4.69, 9.17) is 4.42 Å². The van der Waals surface area contributed by atoms with E-state index in [-0.39, 0.29) is 10.8 Å². The summed E-state index contributed by atoms with van der Waals surface area (Å²) in [5.74, 6) is 0. The molecule has 0 saturated heterocycles. The Kier molecular flexibility index (Phi) is 8.39. The number of rotatable bonds is 5. The molecule has 10 aromatic carbocycles. The van der Waals surface area contributed by atoms with Crippen molar-refractivity contribution in [2.75, 3.05) is 10.2 Å². The van der Waals surface area contributed by atoms with Gasteiger partial charge in [-0.25, -0.2) is 0 Å². The van der Waals surface area contributed by atoms with E-state index in [1.165, 1.54) is 106 Å². The Bertz CT molecular complexity index is 3970. The van der Waals surface area contributed by atoms with Crippen LogP contribution in [0.2, 0.25) is 0 Å². The Morgan fingerprint density at radius 1 is 0.449 bits per heavy atom. The van der Waals surface area contributed by atoms with Crippen molar-refractivity contribution in [2.24, 2.45) is 0 Å². The maximum atomic E-state index is 6.78. The van der Waals surface area contributed by atoms with E-state index in [0.29, 0.717) is 0 Å². The zero-order valence-corrected chi connectivity index (χ0v) is 39.5. The van der Waals surface area contributed by atoms with Crippen LogP contribution in [-0.2, 0) is 10.8 Å². The van der Waals surface area contributed by atoms with E-state index in [9.17, 15) is 0 Å². The van der Waals surface area contributed by atoms with Crippen LogP contribution in [0.4, 0.5) is 28.4 Å². The summed E-state index contributed by atoms with van der Waals surface area (Å²) in [5, 5.41) is 8.54. The molecule has 0 radical (unpaired) electrons. The Hall–Kier alpha value is -8.08. The molecule has 2 heterocycles. The number of hydrogen-bond donors (Lipinski definition) is 1. The monoisotopic (exact) mass is 884 g/mol.